The van der Waals surface area contributed by atoms with Crippen molar-refractivity contribution in [1.82, 2.24) is 20.4 Å². The minimum absolute atomic E-state index is 0.376. The molecular weight excluding hydrogens is 260 g/mol. The number of rotatable bonds is 10. The van der Waals surface area contributed by atoms with E-state index in [-0.39, 0.29) is 0 Å². The van der Waals surface area contributed by atoms with E-state index in [1.54, 1.807) is 0 Å². The smallest absolute Gasteiger partial charge is 0.236 e. The van der Waals surface area contributed by atoms with Crippen molar-refractivity contribution in [3.05, 3.63) is 11.7 Å². The van der Waals surface area contributed by atoms with E-state index in [9.17, 15) is 0 Å². The third-order valence-electron chi connectivity index (χ3n) is 3.16. The molecule has 0 saturated heterocycles. The number of aromatic nitrogens is 2. The molecule has 0 aliphatic carbocycles. The van der Waals surface area contributed by atoms with Crippen molar-refractivity contribution in [1.29, 1.82) is 0 Å². The lowest BCUT2D eigenvalue weighted by atomic mass is 10.2. The average molecular weight is 286 g/mol. The van der Waals surface area contributed by atoms with E-state index >= 15 is 0 Å². The summed E-state index contributed by atoms with van der Waals surface area (Å²) in [7, 11) is 1.94. The molecule has 0 bridgehead atoms. The molecule has 1 N–H and O–H groups in total. The van der Waals surface area contributed by atoms with Crippen LogP contribution in [0.4, 0.5) is 0 Å². The van der Waals surface area contributed by atoms with Gasteiger partial charge >= 0.3 is 0 Å². The molecule has 0 amide bonds. The Labute approximate surface area is 120 Å². The van der Waals surface area contributed by atoms with Crippen LogP contribution in [0.15, 0.2) is 4.52 Å². The Morgan fingerprint density at radius 1 is 1.37 bits per heavy atom. The molecule has 0 aliphatic heterocycles. The Balaban J connectivity index is 2.23. The van der Waals surface area contributed by atoms with Crippen LogP contribution < -0.4 is 5.32 Å². The van der Waals surface area contributed by atoms with Gasteiger partial charge in [0.25, 0.3) is 0 Å². The van der Waals surface area contributed by atoms with Crippen LogP contribution in [0.5, 0.6) is 0 Å². The zero-order chi connectivity index (χ0) is 14.1. The summed E-state index contributed by atoms with van der Waals surface area (Å²) in [6.45, 7) is 9.85. The molecule has 6 heteroatoms. The lowest BCUT2D eigenvalue weighted by Gasteiger charge is -2.16. The van der Waals surface area contributed by atoms with Crippen molar-refractivity contribution in [3.63, 3.8) is 0 Å². The number of nitrogens with one attached hydrogen (secondary N) is 1. The van der Waals surface area contributed by atoms with Crippen molar-refractivity contribution in [3.8, 4) is 0 Å². The summed E-state index contributed by atoms with van der Waals surface area (Å²) in [5.74, 6) is 3.44. The average Bonchev–Trinajstić information content (AvgIpc) is 2.86. The second-order valence-electron chi connectivity index (χ2n) is 4.58. The normalized spacial score (nSPS) is 13.1. The molecule has 1 unspecified atom stereocenters. The number of likely N-dealkylation sites (N-methyl/N-ethyl adjacent to an activating group) is 1. The maximum atomic E-state index is 5.25. The number of hydrogen-bond donors (Lipinski definition) is 1. The molecule has 0 aliphatic rings. The van der Waals surface area contributed by atoms with E-state index in [2.05, 4.69) is 41.1 Å². The first-order valence-corrected chi connectivity index (χ1v) is 8.13. The van der Waals surface area contributed by atoms with E-state index in [0.29, 0.717) is 6.04 Å². The van der Waals surface area contributed by atoms with Crippen molar-refractivity contribution in [2.45, 2.75) is 39.0 Å². The summed E-state index contributed by atoms with van der Waals surface area (Å²) in [6, 6.07) is 0.376. The molecule has 1 aromatic heterocycles. The minimum atomic E-state index is 0.376. The Bertz CT molecular complexity index is 341. The van der Waals surface area contributed by atoms with Gasteiger partial charge in [0.2, 0.25) is 5.89 Å². The van der Waals surface area contributed by atoms with Crippen LogP contribution in [0, 0.1) is 0 Å². The van der Waals surface area contributed by atoms with Gasteiger partial charge in [0.1, 0.15) is 0 Å². The van der Waals surface area contributed by atoms with Gasteiger partial charge in [0.15, 0.2) is 5.82 Å². The van der Waals surface area contributed by atoms with Crippen LogP contribution in [-0.4, -0.2) is 53.5 Å². The third-order valence-corrected chi connectivity index (χ3v) is 4.09. The second-order valence-corrected chi connectivity index (χ2v) is 5.68. The monoisotopic (exact) mass is 286 g/mol. The fraction of sp³-hybridized carbons (Fsp3) is 0.846. The lowest BCUT2D eigenvalue weighted by molar-refractivity contribution is 0.323. The van der Waals surface area contributed by atoms with Crippen LogP contribution in [0.3, 0.4) is 0 Å². The first-order chi connectivity index (χ1) is 9.19. The molecule has 110 valence electrons. The molecular formula is C13H26N4OS. The summed E-state index contributed by atoms with van der Waals surface area (Å²) in [6.07, 6.45) is 0.810. The van der Waals surface area contributed by atoms with E-state index in [4.69, 9.17) is 4.52 Å². The fourth-order valence-corrected chi connectivity index (χ4v) is 2.52. The summed E-state index contributed by atoms with van der Waals surface area (Å²) < 4.78 is 5.25. The topological polar surface area (TPSA) is 54.2 Å². The van der Waals surface area contributed by atoms with Crippen LogP contribution in [0.1, 0.15) is 32.5 Å². The maximum Gasteiger partial charge on any atom is 0.236 e. The number of nitrogens with zero attached hydrogens (tertiary/aromatic N) is 3. The zero-order valence-corrected chi connectivity index (χ0v) is 13.3. The van der Waals surface area contributed by atoms with Crippen LogP contribution in [0.25, 0.3) is 0 Å². The molecule has 0 radical (unpaired) electrons. The van der Waals surface area contributed by atoms with Crippen LogP contribution in [-0.2, 0) is 12.2 Å². The van der Waals surface area contributed by atoms with Gasteiger partial charge in [-0.05, 0) is 27.1 Å². The van der Waals surface area contributed by atoms with Gasteiger partial charge in [-0.2, -0.15) is 16.7 Å². The van der Waals surface area contributed by atoms with Crippen molar-refractivity contribution in [2.24, 2.45) is 0 Å². The predicted molar refractivity (Wildman–Crippen MR) is 80.5 cm³/mol. The lowest BCUT2D eigenvalue weighted by Crippen LogP contribution is -2.25. The molecule has 5 nitrogen and oxygen atoms in total. The molecule has 1 atom stereocenters. The first-order valence-electron chi connectivity index (χ1n) is 6.98. The molecule has 19 heavy (non-hydrogen) atoms. The molecule has 0 spiro atoms. The maximum absolute atomic E-state index is 5.25. The SMILES string of the molecule is CCN(CC)CCSCc1nc(CC(C)NC)no1. The quantitative estimate of drug-likeness (QED) is 0.662. The predicted octanol–water partition coefficient (Wildman–Crippen LogP) is 1.79. The first kappa shape index (κ1) is 16.5. The molecule has 1 heterocycles. The Hall–Kier alpha value is -0.590. The minimum Gasteiger partial charge on any atom is -0.338 e. The highest BCUT2D eigenvalue weighted by molar-refractivity contribution is 7.98. The standard InChI is InChI=1S/C13H26N4OS/c1-5-17(6-2)7-8-19-10-13-15-12(16-18-13)9-11(3)14-4/h11,14H,5-10H2,1-4H3. The highest BCUT2D eigenvalue weighted by Gasteiger charge is 2.09. The van der Waals surface area contributed by atoms with Gasteiger partial charge in [-0.15, -0.1) is 0 Å². The molecule has 1 rings (SSSR count). The largest absolute Gasteiger partial charge is 0.338 e. The highest BCUT2D eigenvalue weighted by atomic mass is 32.2. The van der Waals surface area contributed by atoms with Gasteiger partial charge in [-0.25, -0.2) is 0 Å². The second kappa shape index (κ2) is 9.34. The van der Waals surface area contributed by atoms with Crippen LogP contribution in [0.2, 0.25) is 0 Å². The summed E-state index contributed by atoms with van der Waals surface area (Å²) in [5.41, 5.74) is 0. The van der Waals surface area contributed by atoms with Gasteiger partial charge < -0.3 is 14.7 Å². The van der Waals surface area contributed by atoms with Crippen molar-refractivity contribution >= 4 is 11.8 Å². The Kier molecular flexibility index (Phi) is 8.09. The Morgan fingerprint density at radius 2 is 2.11 bits per heavy atom. The summed E-state index contributed by atoms with van der Waals surface area (Å²) in [4.78, 5) is 6.82. The zero-order valence-electron chi connectivity index (χ0n) is 12.5. The molecule has 0 aromatic carbocycles. The van der Waals surface area contributed by atoms with E-state index in [0.717, 1.165) is 49.3 Å². The van der Waals surface area contributed by atoms with E-state index in [1.807, 2.05) is 18.8 Å². The van der Waals surface area contributed by atoms with Crippen molar-refractivity contribution < 1.29 is 4.52 Å². The highest BCUT2D eigenvalue weighted by Crippen LogP contribution is 2.11. The summed E-state index contributed by atoms with van der Waals surface area (Å²) >= 11 is 1.85. The fourth-order valence-electron chi connectivity index (χ4n) is 1.70. The molecule has 0 saturated carbocycles. The Morgan fingerprint density at radius 3 is 2.74 bits per heavy atom. The molecule has 1 aromatic rings. The van der Waals surface area contributed by atoms with E-state index < -0.39 is 0 Å². The third kappa shape index (κ3) is 6.40. The van der Waals surface area contributed by atoms with Gasteiger partial charge in [-0.1, -0.05) is 19.0 Å². The van der Waals surface area contributed by atoms with E-state index in [1.165, 1.54) is 0 Å². The summed E-state index contributed by atoms with van der Waals surface area (Å²) in [5, 5.41) is 7.17. The van der Waals surface area contributed by atoms with Crippen molar-refractivity contribution in [2.75, 3.05) is 32.4 Å². The molecule has 0 fully saturated rings. The number of thioether (sulfide) groups is 1. The number of hydrogen-bond acceptors (Lipinski definition) is 6. The van der Waals surface area contributed by atoms with Gasteiger partial charge in [0.05, 0.1) is 5.75 Å². The van der Waals surface area contributed by atoms with Gasteiger partial charge in [-0.3, -0.25) is 0 Å². The van der Waals surface area contributed by atoms with Crippen LogP contribution >= 0.6 is 11.8 Å². The van der Waals surface area contributed by atoms with Gasteiger partial charge in [0, 0.05) is 24.8 Å².